The second-order valence-electron chi connectivity index (χ2n) is 6.31. The Balaban J connectivity index is 1.92. The average Bonchev–Trinajstić information content (AvgIpc) is 2.69. The number of carbonyl (C=O) groups excluding carboxylic acids is 2. The van der Waals surface area contributed by atoms with E-state index >= 15 is 0 Å². The molecule has 0 saturated heterocycles. The first-order chi connectivity index (χ1) is 13.5. The predicted octanol–water partition coefficient (Wildman–Crippen LogP) is 2.92. The Morgan fingerprint density at radius 3 is 2.50 bits per heavy atom. The summed E-state index contributed by atoms with van der Waals surface area (Å²) in [6, 6.07) is 13.5. The molecule has 0 aliphatic carbocycles. The summed E-state index contributed by atoms with van der Waals surface area (Å²) in [5, 5.41) is 5.99. The van der Waals surface area contributed by atoms with Crippen LogP contribution in [-0.2, 0) is 11.3 Å². The molecule has 0 spiro atoms. The molecule has 0 aliphatic heterocycles. The number of benzene rings is 2. The molecule has 3 rings (SSSR count). The zero-order chi connectivity index (χ0) is 20.1. The molecule has 2 N–H and O–H groups in total. The number of aromatic nitrogens is 1. The summed E-state index contributed by atoms with van der Waals surface area (Å²) < 4.78 is 14.3. The molecule has 2 amide bonds. The lowest BCUT2D eigenvalue weighted by atomic mass is 10.1. The minimum atomic E-state index is -0.449. The lowest BCUT2D eigenvalue weighted by molar-refractivity contribution is -0.116. The van der Waals surface area contributed by atoms with Crippen molar-refractivity contribution in [1.29, 1.82) is 0 Å². The van der Waals surface area contributed by atoms with Crippen molar-refractivity contribution < 1.29 is 14.0 Å². The van der Waals surface area contributed by atoms with E-state index in [4.69, 9.17) is 0 Å². The summed E-state index contributed by atoms with van der Waals surface area (Å²) in [4.78, 5) is 37.4. The van der Waals surface area contributed by atoms with Gasteiger partial charge in [-0.05, 0) is 36.8 Å². The van der Waals surface area contributed by atoms with Crippen molar-refractivity contribution in [2.75, 3.05) is 11.9 Å². The maximum Gasteiger partial charge on any atom is 0.252 e. The number of para-hydroxylation sites is 1. The van der Waals surface area contributed by atoms with Gasteiger partial charge < -0.3 is 10.6 Å². The lowest BCUT2D eigenvalue weighted by Crippen LogP contribution is -2.31. The SMILES string of the molecule is CCCNC(=O)c1cc(=O)n(CC(=O)Nc2ccc(F)cc2)c2ccccc12. The van der Waals surface area contributed by atoms with Crippen LogP contribution in [0, 0.1) is 5.82 Å². The van der Waals surface area contributed by atoms with E-state index in [1.54, 1.807) is 24.3 Å². The number of hydrogen-bond donors (Lipinski definition) is 2. The molecular weight excluding hydrogens is 361 g/mol. The molecule has 0 saturated carbocycles. The molecule has 28 heavy (non-hydrogen) atoms. The normalized spacial score (nSPS) is 10.6. The van der Waals surface area contributed by atoms with Crippen LogP contribution < -0.4 is 16.2 Å². The van der Waals surface area contributed by atoms with Crippen molar-refractivity contribution in [2.45, 2.75) is 19.9 Å². The Morgan fingerprint density at radius 2 is 1.79 bits per heavy atom. The van der Waals surface area contributed by atoms with Gasteiger partial charge >= 0.3 is 0 Å². The van der Waals surface area contributed by atoms with E-state index in [-0.39, 0.29) is 18.0 Å². The standard InChI is InChI=1S/C21H20FN3O3/c1-2-11-23-21(28)17-12-20(27)25(18-6-4-3-5-16(17)18)13-19(26)24-15-9-7-14(22)8-10-15/h3-10,12H,2,11,13H2,1H3,(H,23,28)(H,24,26). The minimum absolute atomic E-state index is 0.229. The van der Waals surface area contributed by atoms with Gasteiger partial charge in [-0.15, -0.1) is 0 Å². The van der Waals surface area contributed by atoms with Gasteiger partial charge in [0.25, 0.3) is 11.5 Å². The van der Waals surface area contributed by atoms with Gasteiger partial charge in [0.2, 0.25) is 5.91 Å². The van der Waals surface area contributed by atoms with Gasteiger partial charge in [-0.25, -0.2) is 4.39 Å². The number of anilines is 1. The number of rotatable bonds is 6. The Bertz CT molecular complexity index is 1070. The van der Waals surface area contributed by atoms with E-state index in [0.29, 0.717) is 23.1 Å². The number of amides is 2. The van der Waals surface area contributed by atoms with Crippen LogP contribution in [0.5, 0.6) is 0 Å². The molecule has 0 radical (unpaired) electrons. The number of nitrogens with zero attached hydrogens (tertiary/aromatic N) is 1. The summed E-state index contributed by atoms with van der Waals surface area (Å²) in [6.07, 6.45) is 0.782. The monoisotopic (exact) mass is 381 g/mol. The molecule has 1 heterocycles. The Kier molecular flexibility index (Phi) is 5.84. The van der Waals surface area contributed by atoms with Crippen LogP contribution in [-0.4, -0.2) is 22.9 Å². The van der Waals surface area contributed by atoms with Crippen LogP contribution in [0.1, 0.15) is 23.7 Å². The highest BCUT2D eigenvalue weighted by atomic mass is 19.1. The highest BCUT2D eigenvalue weighted by Gasteiger charge is 2.16. The van der Waals surface area contributed by atoms with Crippen LogP contribution in [0.25, 0.3) is 10.9 Å². The van der Waals surface area contributed by atoms with Gasteiger partial charge in [0.15, 0.2) is 0 Å². The molecule has 1 aromatic heterocycles. The van der Waals surface area contributed by atoms with Crippen molar-refractivity contribution in [3.05, 3.63) is 76.3 Å². The van der Waals surface area contributed by atoms with E-state index in [2.05, 4.69) is 10.6 Å². The van der Waals surface area contributed by atoms with Crippen molar-refractivity contribution in [3.63, 3.8) is 0 Å². The van der Waals surface area contributed by atoms with Crippen LogP contribution in [0.4, 0.5) is 10.1 Å². The maximum atomic E-state index is 13.0. The molecule has 6 nitrogen and oxygen atoms in total. The first-order valence-electron chi connectivity index (χ1n) is 8.96. The Labute approximate surface area is 161 Å². The molecule has 0 fully saturated rings. The van der Waals surface area contributed by atoms with Gasteiger partial charge in [-0.1, -0.05) is 25.1 Å². The number of halogens is 1. The number of carbonyl (C=O) groups is 2. The minimum Gasteiger partial charge on any atom is -0.352 e. The fourth-order valence-corrected chi connectivity index (χ4v) is 2.90. The first-order valence-corrected chi connectivity index (χ1v) is 8.96. The quantitative estimate of drug-likeness (QED) is 0.689. The van der Waals surface area contributed by atoms with Gasteiger partial charge in [0.1, 0.15) is 12.4 Å². The zero-order valence-corrected chi connectivity index (χ0v) is 15.4. The fourth-order valence-electron chi connectivity index (χ4n) is 2.90. The summed E-state index contributed by atoms with van der Waals surface area (Å²) in [5.74, 6) is -1.16. The summed E-state index contributed by atoms with van der Waals surface area (Å²) in [7, 11) is 0. The Morgan fingerprint density at radius 1 is 1.07 bits per heavy atom. The van der Waals surface area contributed by atoms with Gasteiger partial charge in [-0.2, -0.15) is 0 Å². The summed E-state index contributed by atoms with van der Waals surface area (Å²) in [5.41, 5.74) is 0.754. The van der Waals surface area contributed by atoms with Crippen LogP contribution in [0.15, 0.2) is 59.4 Å². The second kappa shape index (κ2) is 8.47. The largest absolute Gasteiger partial charge is 0.352 e. The number of pyridine rings is 1. The summed E-state index contributed by atoms with van der Waals surface area (Å²) in [6.45, 7) is 2.22. The molecule has 0 unspecified atom stereocenters. The number of fused-ring (bicyclic) bond motifs is 1. The maximum absolute atomic E-state index is 13.0. The molecule has 3 aromatic rings. The molecule has 0 atom stereocenters. The third-order valence-electron chi connectivity index (χ3n) is 4.23. The molecule has 2 aromatic carbocycles. The zero-order valence-electron chi connectivity index (χ0n) is 15.4. The van der Waals surface area contributed by atoms with E-state index in [0.717, 1.165) is 6.42 Å². The van der Waals surface area contributed by atoms with Gasteiger partial charge in [0, 0.05) is 23.7 Å². The molecular formula is C21H20FN3O3. The number of hydrogen-bond acceptors (Lipinski definition) is 3. The van der Waals surface area contributed by atoms with Crippen LogP contribution in [0.3, 0.4) is 0 Å². The van der Waals surface area contributed by atoms with Crippen molar-refractivity contribution >= 4 is 28.4 Å². The van der Waals surface area contributed by atoms with Crippen molar-refractivity contribution in [1.82, 2.24) is 9.88 Å². The van der Waals surface area contributed by atoms with E-state index in [1.165, 1.54) is 34.9 Å². The molecule has 0 aliphatic rings. The van der Waals surface area contributed by atoms with Crippen molar-refractivity contribution in [2.24, 2.45) is 0 Å². The number of nitrogens with one attached hydrogen (secondary N) is 2. The molecule has 144 valence electrons. The third kappa shape index (κ3) is 4.25. The smallest absolute Gasteiger partial charge is 0.252 e. The molecule has 0 bridgehead atoms. The van der Waals surface area contributed by atoms with E-state index in [1.807, 2.05) is 6.92 Å². The van der Waals surface area contributed by atoms with Gasteiger partial charge in [-0.3, -0.25) is 19.0 Å². The topological polar surface area (TPSA) is 80.2 Å². The average molecular weight is 381 g/mol. The van der Waals surface area contributed by atoms with E-state index in [9.17, 15) is 18.8 Å². The second-order valence-corrected chi connectivity index (χ2v) is 6.31. The van der Waals surface area contributed by atoms with Crippen LogP contribution >= 0.6 is 0 Å². The molecule has 7 heteroatoms. The van der Waals surface area contributed by atoms with Crippen molar-refractivity contribution in [3.8, 4) is 0 Å². The van der Waals surface area contributed by atoms with Gasteiger partial charge in [0.05, 0.1) is 11.1 Å². The highest BCUT2D eigenvalue weighted by Crippen LogP contribution is 2.17. The van der Waals surface area contributed by atoms with E-state index < -0.39 is 17.3 Å². The third-order valence-corrected chi connectivity index (χ3v) is 4.23. The lowest BCUT2D eigenvalue weighted by Gasteiger charge is -2.13. The summed E-state index contributed by atoms with van der Waals surface area (Å²) >= 11 is 0. The van der Waals surface area contributed by atoms with Crippen LogP contribution in [0.2, 0.25) is 0 Å². The Hall–Kier alpha value is -3.48. The highest BCUT2D eigenvalue weighted by molar-refractivity contribution is 6.06. The predicted molar refractivity (Wildman–Crippen MR) is 106 cm³/mol. The first kappa shape index (κ1) is 19.3. The fraction of sp³-hybridized carbons (Fsp3) is 0.190.